The molecule has 3 aromatic rings. The van der Waals surface area contributed by atoms with Gasteiger partial charge in [-0.1, -0.05) is 41.9 Å². The summed E-state index contributed by atoms with van der Waals surface area (Å²) in [6, 6.07) is 21.6. The molecular formula is C25H19ClN2O4S. The molecule has 1 saturated heterocycles. The summed E-state index contributed by atoms with van der Waals surface area (Å²) in [5.41, 5.74) is 2.77. The van der Waals surface area contributed by atoms with E-state index in [0.29, 0.717) is 38.7 Å². The predicted octanol–water partition coefficient (Wildman–Crippen LogP) is 5.60. The summed E-state index contributed by atoms with van der Waals surface area (Å²) < 4.78 is 10.7. The second kappa shape index (κ2) is 10.4. The van der Waals surface area contributed by atoms with Crippen LogP contribution in [0.2, 0.25) is 5.02 Å². The van der Waals surface area contributed by atoms with E-state index in [1.165, 1.54) is 18.9 Å². The van der Waals surface area contributed by atoms with Gasteiger partial charge in [-0.25, -0.2) is 9.79 Å². The number of esters is 1. The molecule has 6 nitrogen and oxygen atoms in total. The summed E-state index contributed by atoms with van der Waals surface area (Å²) in [6.45, 7) is 0.356. The van der Waals surface area contributed by atoms with E-state index in [1.54, 1.807) is 30.3 Å². The fourth-order valence-electron chi connectivity index (χ4n) is 3.05. The minimum atomic E-state index is -0.417. The van der Waals surface area contributed by atoms with Crippen molar-refractivity contribution >= 4 is 52.2 Å². The maximum Gasteiger partial charge on any atom is 0.337 e. The third kappa shape index (κ3) is 5.83. The van der Waals surface area contributed by atoms with Gasteiger partial charge in [0.15, 0.2) is 5.17 Å². The van der Waals surface area contributed by atoms with Gasteiger partial charge >= 0.3 is 5.97 Å². The maximum atomic E-state index is 12.5. The number of ether oxygens (including phenoxy) is 2. The van der Waals surface area contributed by atoms with Gasteiger partial charge < -0.3 is 14.8 Å². The SMILES string of the molecule is COC(=O)c1ccc(N=C2NC(=O)/C(=C/c3ccccc3OCc3cccc(Cl)c3)S2)cc1. The topological polar surface area (TPSA) is 77.0 Å². The van der Waals surface area contributed by atoms with Crippen molar-refractivity contribution in [2.45, 2.75) is 6.61 Å². The standard InChI is InChI=1S/C25H19ClN2O4S/c1-31-24(30)17-9-11-20(12-10-17)27-25-28-23(29)22(33-25)14-18-6-2-3-8-21(18)32-15-16-5-4-7-19(26)13-16/h2-14H,15H2,1H3,(H,27,28,29)/b22-14-. The van der Waals surface area contributed by atoms with Crippen LogP contribution >= 0.6 is 23.4 Å². The molecule has 0 spiro atoms. The van der Waals surface area contributed by atoms with Gasteiger partial charge in [-0.2, -0.15) is 0 Å². The molecule has 0 aliphatic carbocycles. The van der Waals surface area contributed by atoms with Crippen molar-refractivity contribution in [1.82, 2.24) is 5.32 Å². The van der Waals surface area contributed by atoms with Crippen LogP contribution in [0.15, 0.2) is 82.7 Å². The van der Waals surface area contributed by atoms with E-state index in [1.807, 2.05) is 48.5 Å². The summed E-state index contributed by atoms with van der Waals surface area (Å²) in [7, 11) is 1.33. The quantitative estimate of drug-likeness (QED) is 0.368. The third-order valence-corrected chi connectivity index (χ3v) is 5.80. The Bertz CT molecular complexity index is 1260. The first-order chi connectivity index (χ1) is 16.0. The van der Waals surface area contributed by atoms with Gasteiger partial charge in [0.25, 0.3) is 5.91 Å². The number of halogens is 1. The highest BCUT2D eigenvalue weighted by atomic mass is 35.5. The smallest absolute Gasteiger partial charge is 0.337 e. The monoisotopic (exact) mass is 478 g/mol. The van der Waals surface area contributed by atoms with Crippen LogP contribution in [0.1, 0.15) is 21.5 Å². The minimum absolute atomic E-state index is 0.241. The summed E-state index contributed by atoms with van der Waals surface area (Å²) in [6.07, 6.45) is 1.77. The number of methoxy groups -OCH3 is 1. The largest absolute Gasteiger partial charge is 0.488 e. The van der Waals surface area contributed by atoms with Crippen LogP contribution in [0.3, 0.4) is 0 Å². The van der Waals surface area contributed by atoms with E-state index in [9.17, 15) is 9.59 Å². The lowest BCUT2D eigenvalue weighted by atomic mass is 10.2. The number of carbonyl (C=O) groups excluding carboxylic acids is 2. The van der Waals surface area contributed by atoms with Gasteiger partial charge in [0.2, 0.25) is 0 Å². The van der Waals surface area contributed by atoms with Crippen molar-refractivity contribution in [2.24, 2.45) is 4.99 Å². The number of nitrogens with zero attached hydrogens (tertiary/aromatic N) is 1. The van der Waals surface area contributed by atoms with Crippen molar-refractivity contribution in [3.8, 4) is 5.75 Å². The zero-order valence-electron chi connectivity index (χ0n) is 17.6. The number of hydrogen-bond acceptors (Lipinski definition) is 6. The Kier molecular flexibility index (Phi) is 7.12. The van der Waals surface area contributed by atoms with Crippen molar-refractivity contribution in [3.63, 3.8) is 0 Å². The van der Waals surface area contributed by atoms with Gasteiger partial charge in [-0.3, -0.25) is 4.79 Å². The molecule has 1 amide bonds. The molecule has 1 aliphatic heterocycles. The average Bonchev–Trinajstić information content (AvgIpc) is 3.17. The van der Waals surface area contributed by atoms with Crippen LogP contribution in [-0.4, -0.2) is 24.2 Å². The Morgan fingerprint density at radius 2 is 1.88 bits per heavy atom. The van der Waals surface area contributed by atoms with Crippen LogP contribution in [-0.2, 0) is 16.1 Å². The highest BCUT2D eigenvalue weighted by molar-refractivity contribution is 8.18. The summed E-state index contributed by atoms with van der Waals surface area (Å²) >= 11 is 7.28. The Hall–Kier alpha value is -3.55. The summed E-state index contributed by atoms with van der Waals surface area (Å²) in [5.74, 6) is -0.00375. The molecule has 166 valence electrons. The summed E-state index contributed by atoms with van der Waals surface area (Å²) in [4.78, 5) is 29.0. The highest BCUT2D eigenvalue weighted by Gasteiger charge is 2.24. The van der Waals surface area contributed by atoms with Crippen LogP contribution in [0.25, 0.3) is 6.08 Å². The molecule has 3 aromatic carbocycles. The lowest BCUT2D eigenvalue weighted by Crippen LogP contribution is -2.19. The average molecular weight is 479 g/mol. The first kappa shape index (κ1) is 22.6. The van der Waals surface area contributed by atoms with E-state index in [4.69, 9.17) is 21.1 Å². The van der Waals surface area contributed by atoms with E-state index in [0.717, 1.165) is 11.1 Å². The van der Waals surface area contributed by atoms with E-state index >= 15 is 0 Å². The molecule has 0 unspecified atom stereocenters. The molecule has 0 saturated carbocycles. The van der Waals surface area contributed by atoms with Gasteiger partial charge in [-0.05, 0) is 65.9 Å². The van der Waals surface area contributed by atoms with Crippen molar-refractivity contribution in [3.05, 3.63) is 99.4 Å². The van der Waals surface area contributed by atoms with E-state index < -0.39 is 5.97 Å². The number of amidine groups is 1. The second-order valence-corrected chi connectivity index (χ2v) is 8.44. The van der Waals surface area contributed by atoms with Crippen molar-refractivity contribution in [1.29, 1.82) is 0 Å². The first-order valence-corrected chi connectivity index (χ1v) is 11.2. The van der Waals surface area contributed by atoms with Crippen molar-refractivity contribution < 1.29 is 19.1 Å². The lowest BCUT2D eigenvalue weighted by molar-refractivity contribution is -0.115. The van der Waals surface area contributed by atoms with Gasteiger partial charge in [0, 0.05) is 10.6 Å². The molecule has 8 heteroatoms. The van der Waals surface area contributed by atoms with Gasteiger partial charge in [0.05, 0.1) is 23.3 Å². The molecule has 33 heavy (non-hydrogen) atoms. The molecule has 0 bridgehead atoms. The number of benzene rings is 3. The number of hydrogen-bond donors (Lipinski definition) is 1. The Morgan fingerprint density at radius 1 is 1.09 bits per heavy atom. The van der Waals surface area contributed by atoms with Crippen LogP contribution in [0.5, 0.6) is 5.75 Å². The number of nitrogens with one attached hydrogen (secondary N) is 1. The number of rotatable bonds is 6. The lowest BCUT2D eigenvalue weighted by Gasteiger charge is -2.09. The predicted molar refractivity (Wildman–Crippen MR) is 131 cm³/mol. The molecule has 0 aromatic heterocycles. The number of carbonyl (C=O) groups is 2. The number of thioether (sulfide) groups is 1. The first-order valence-electron chi connectivity index (χ1n) is 9.96. The van der Waals surface area contributed by atoms with Gasteiger partial charge in [0.1, 0.15) is 12.4 Å². The number of aliphatic imine (C=N–C) groups is 1. The molecule has 0 atom stereocenters. The van der Waals surface area contributed by atoms with E-state index in [2.05, 4.69) is 10.3 Å². The zero-order valence-corrected chi connectivity index (χ0v) is 19.2. The minimum Gasteiger partial charge on any atom is -0.488 e. The Morgan fingerprint density at radius 3 is 2.64 bits per heavy atom. The summed E-state index contributed by atoms with van der Waals surface area (Å²) in [5, 5.41) is 3.87. The molecule has 1 fully saturated rings. The van der Waals surface area contributed by atoms with Crippen LogP contribution in [0, 0.1) is 0 Å². The van der Waals surface area contributed by atoms with Crippen LogP contribution < -0.4 is 10.1 Å². The fourth-order valence-corrected chi connectivity index (χ4v) is 4.09. The highest BCUT2D eigenvalue weighted by Crippen LogP contribution is 2.31. The second-order valence-electron chi connectivity index (χ2n) is 6.98. The molecule has 4 rings (SSSR count). The molecule has 1 N–H and O–H groups in total. The molecule has 1 heterocycles. The Balaban J connectivity index is 1.49. The van der Waals surface area contributed by atoms with Crippen molar-refractivity contribution in [2.75, 3.05) is 7.11 Å². The van der Waals surface area contributed by atoms with Crippen LogP contribution in [0.4, 0.5) is 5.69 Å². The molecule has 1 aliphatic rings. The Labute approximate surface area is 200 Å². The maximum absolute atomic E-state index is 12.5. The number of amides is 1. The third-order valence-electron chi connectivity index (χ3n) is 4.66. The molecule has 0 radical (unpaired) electrons. The molecular weight excluding hydrogens is 460 g/mol. The zero-order chi connectivity index (χ0) is 23.2. The fraction of sp³-hybridized carbons (Fsp3) is 0.0800. The van der Waals surface area contributed by atoms with E-state index in [-0.39, 0.29) is 5.91 Å². The normalized spacial score (nSPS) is 15.5. The van der Waals surface area contributed by atoms with Gasteiger partial charge in [-0.15, -0.1) is 0 Å². The number of para-hydroxylation sites is 1.